The standard InChI is InChI=1S/C27H30N2O2S/c30-32(31,26-11-5-2-6-12-26)29-20-8-18-27(22-29)17-7-19-28(27)21-23-13-15-25(16-14-23)24-9-3-1-4-10-24/h1-6,9-16H,7-8,17-22H2. The normalized spacial score (nSPS) is 22.4. The lowest BCUT2D eigenvalue weighted by Gasteiger charge is -2.45. The molecule has 1 atom stereocenters. The van der Waals surface area contributed by atoms with Gasteiger partial charge in [-0.1, -0.05) is 72.8 Å². The lowest BCUT2D eigenvalue weighted by Crippen LogP contribution is -2.56. The van der Waals surface area contributed by atoms with E-state index in [-0.39, 0.29) is 5.54 Å². The van der Waals surface area contributed by atoms with Gasteiger partial charge in [-0.25, -0.2) is 8.42 Å². The first kappa shape index (κ1) is 21.4. The second-order valence-electron chi connectivity index (χ2n) is 9.07. The van der Waals surface area contributed by atoms with Crippen LogP contribution >= 0.6 is 0 Å². The van der Waals surface area contributed by atoms with Crippen LogP contribution in [0.2, 0.25) is 0 Å². The van der Waals surface area contributed by atoms with E-state index in [1.54, 1.807) is 28.6 Å². The molecule has 0 N–H and O–H groups in total. The zero-order valence-corrected chi connectivity index (χ0v) is 19.2. The van der Waals surface area contributed by atoms with Crippen molar-refractivity contribution in [2.24, 2.45) is 0 Å². The summed E-state index contributed by atoms with van der Waals surface area (Å²) in [6, 6.07) is 28.1. The molecule has 1 spiro atoms. The predicted octanol–water partition coefficient (Wildman–Crippen LogP) is 5.17. The Morgan fingerprint density at radius 2 is 1.31 bits per heavy atom. The smallest absolute Gasteiger partial charge is 0.243 e. The summed E-state index contributed by atoms with van der Waals surface area (Å²) in [7, 11) is -3.45. The van der Waals surface area contributed by atoms with Crippen molar-refractivity contribution < 1.29 is 8.42 Å². The summed E-state index contributed by atoms with van der Waals surface area (Å²) in [5.74, 6) is 0. The van der Waals surface area contributed by atoms with Gasteiger partial charge in [-0.2, -0.15) is 4.31 Å². The highest BCUT2D eigenvalue weighted by molar-refractivity contribution is 7.89. The van der Waals surface area contributed by atoms with Crippen LogP contribution in [0.3, 0.4) is 0 Å². The number of hydrogen-bond acceptors (Lipinski definition) is 3. The van der Waals surface area contributed by atoms with Gasteiger partial charge < -0.3 is 0 Å². The van der Waals surface area contributed by atoms with Crippen LogP contribution in [0.5, 0.6) is 0 Å². The van der Waals surface area contributed by atoms with Gasteiger partial charge in [0.2, 0.25) is 10.0 Å². The molecule has 0 saturated carbocycles. The summed E-state index contributed by atoms with van der Waals surface area (Å²) in [4.78, 5) is 2.94. The SMILES string of the molecule is O=S(=O)(c1ccccc1)N1CCCC2(CCCN2Cc2ccc(-c3ccccc3)cc2)C1. The van der Waals surface area contributed by atoms with E-state index in [1.165, 1.54) is 16.7 Å². The van der Waals surface area contributed by atoms with Crippen LogP contribution in [-0.4, -0.2) is 42.8 Å². The third kappa shape index (κ3) is 4.13. The van der Waals surface area contributed by atoms with Crippen molar-refractivity contribution in [1.82, 2.24) is 9.21 Å². The molecule has 2 heterocycles. The van der Waals surface area contributed by atoms with E-state index in [9.17, 15) is 8.42 Å². The molecular weight excluding hydrogens is 416 g/mol. The minimum atomic E-state index is -3.45. The fourth-order valence-corrected chi connectivity index (χ4v) is 6.95. The molecule has 166 valence electrons. The Bertz CT molecular complexity index is 1150. The van der Waals surface area contributed by atoms with E-state index < -0.39 is 10.0 Å². The lowest BCUT2D eigenvalue weighted by atomic mass is 9.87. The van der Waals surface area contributed by atoms with Gasteiger partial charge in [0.25, 0.3) is 0 Å². The Balaban J connectivity index is 1.33. The van der Waals surface area contributed by atoms with E-state index in [0.717, 1.165) is 38.8 Å². The third-order valence-electron chi connectivity index (χ3n) is 7.08. The van der Waals surface area contributed by atoms with Crippen molar-refractivity contribution in [3.8, 4) is 11.1 Å². The monoisotopic (exact) mass is 446 g/mol. The van der Waals surface area contributed by atoms with Crippen molar-refractivity contribution in [3.05, 3.63) is 90.5 Å². The molecule has 5 heteroatoms. The first-order chi connectivity index (χ1) is 15.6. The molecule has 3 aromatic rings. The van der Waals surface area contributed by atoms with Gasteiger partial charge >= 0.3 is 0 Å². The highest BCUT2D eigenvalue weighted by Crippen LogP contribution is 2.39. The van der Waals surface area contributed by atoms with E-state index >= 15 is 0 Å². The van der Waals surface area contributed by atoms with Crippen LogP contribution in [0.25, 0.3) is 11.1 Å². The molecule has 1 unspecified atom stereocenters. The quantitative estimate of drug-likeness (QED) is 0.543. The van der Waals surface area contributed by atoms with Crippen molar-refractivity contribution >= 4 is 10.0 Å². The Kier molecular flexibility index (Phi) is 5.89. The molecule has 0 amide bonds. The topological polar surface area (TPSA) is 40.6 Å². The second-order valence-corrected chi connectivity index (χ2v) is 11.0. The lowest BCUT2D eigenvalue weighted by molar-refractivity contribution is 0.0679. The van der Waals surface area contributed by atoms with Gasteiger partial charge in [-0.15, -0.1) is 0 Å². The first-order valence-corrected chi connectivity index (χ1v) is 13.0. The van der Waals surface area contributed by atoms with Crippen LogP contribution in [0, 0.1) is 0 Å². The molecule has 0 bridgehead atoms. The number of sulfonamides is 1. The number of piperidine rings is 1. The summed E-state index contributed by atoms with van der Waals surface area (Å²) in [6.45, 7) is 3.10. The second kappa shape index (κ2) is 8.81. The van der Waals surface area contributed by atoms with Crippen LogP contribution in [0.1, 0.15) is 31.2 Å². The molecule has 0 radical (unpaired) electrons. The average molecular weight is 447 g/mol. The summed E-state index contributed by atoms with van der Waals surface area (Å²) in [5.41, 5.74) is 3.68. The zero-order chi connectivity index (χ0) is 22.0. The molecule has 2 aliphatic heterocycles. The maximum atomic E-state index is 13.3. The van der Waals surface area contributed by atoms with Gasteiger partial charge in [0, 0.05) is 25.2 Å². The van der Waals surface area contributed by atoms with Gasteiger partial charge in [0.1, 0.15) is 0 Å². The van der Waals surface area contributed by atoms with Gasteiger partial charge in [-0.05, 0) is 61.1 Å². The van der Waals surface area contributed by atoms with E-state index in [1.807, 2.05) is 12.1 Å². The maximum absolute atomic E-state index is 13.3. The molecule has 5 rings (SSSR count). The molecule has 0 aromatic heterocycles. The van der Waals surface area contributed by atoms with Gasteiger partial charge in [0.15, 0.2) is 0 Å². The highest BCUT2D eigenvalue weighted by Gasteiger charge is 2.46. The highest BCUT2D eigenvalue weighted by atomic mass is 32.2. The zero-order valence-electron chi connectivity index (χ0n) is 18.4. The molecule has 3 aromatic carbocycles. The van der Waals surface area contributed by atoms with E-state index in [2.05, 4.69) is 53.4 Å². The molecule has 0 aliphatic carbocycles. The Morgan fingerprint density at radius 3 is 2.00 bits per heavy atom. The van der Waals surface area contributed by atoms with Crippen LogP contribution < -0.4 is 0 Å². The number of nitrogens with zero attached hydrogens (tertiary/aromatic N) is 2. The molecule has 2 fully saturated rings. The summed E-state index contributed by atoms with van der Waals surface area (Å²) in [5, 5.41) is 0. The number of benzene rings is 3. The Labute approximate surface area is 191 Å². The third-order valence-corrected chi connectivity index (χ3v) is 8.94. The number of likely N-dealkylation sites (tertiary alicyclic amines) is 1. The minimum Gasteiger partial charge on any atom is -0.292 e. The molecular formula is C27H30N2O2S. The van der Waals surface area contributed by atoms with Crippen molar-refractivity contribution in [3.63, 3.8) is 0 Å². The summed E-state index contributed by atoms with van der Waals surface area (Å²) in [6.07, 6.45) is 4.17. The largest absolute Gasteiger partial charge is 0.292 e. The summed E-state index contributed by atoms with van der Waals surface area (Å²) >= 11 is 0. The van der Waals surface area contributed by atoms with Crippen LogP contribution in [0.15, 0.2) is 89.8 Å². The van der Waals surface area contributed by atoms with Crippen LogP contribution in [-0.2, 0) is 16.6 Å². The van der Waals surface area contributed by atoms with Gasteiger partial charge in [-0.3, -0.25) is 4.90 Å². The maximum Gasteiger partial charge on any atom is 0.243 e. The van der Waals surface area contributed by atoms with Crippen molar-refractivity contribution in [2.75, 3.05) is 19.6 Å². The van der Waals surface area contributed by atoms with Gasteiger partial charge in [0.05, 0.1) is 4.90 Å². The first-order valence-electron chi connectivity index (χ1n) is 11.5. The summed E-state index contributed by atoms with van der Waals surface area (Å²) < 4.78 is 28.3. The average Bonchev–Trinajstić information content (AvgIpc) is 3.21. The molecule has 2 aliphatic rings. The molecule has 32 heavy (non-hydrogen) atoms. The number of hydrogen-bond donors (Lipinski definition) is 0. The fraction of sp³-hybridized carbons (Fsp3) is 0.333. The fourth-order valence-electron chi connectivity index (χ4n) is 5.37. The minimum absolute atomic E-state index is 0.0573. The Hall–Kier alpha value is -2.47. The predicted molar refractivity (Wildman–Crippen MR) is 129 cm³/mol. The van der Waals surface area contributed by atoms with E-state index in [0.29, 0.717) is 18.0 Å². The Morgan fingerprint density at radius 1 is 0.719 bits per heavy atom. The number of rotatable bonds is 5. The molecule has 2 saturated heterocycles. The van der Waals surface area contributed by atoms with Crippen molar-refractivity contribution in [2.45, 2.75) is 42.7 Å². The molecule has 4 nitrogen and oxygen atoms in total. The van der Waals surface area contributed by atoms with Crippen molar-refractivity contribution in [1.29, 1.82) is 0 Å². The van der Waals surface area contributed by atoms with E-state index in [4.69, 9.17) is 0 Å². The van der Waals surface area contributed by atoms with Crippen LogP contribution in [0.4, 0.5) is 0 Å².